The molecular formula is C13H17BrN2O. The lowest BCUT2D eigenvalue weighted by Crippen LogP contribution is -2.16. The third kappa shape index (κ3) is 3.53. The Morgan fingerprint density at radius 2 is 2.18 bits per heavy atom. The maximum absolute atomic E-state index is 11.9. The molecule has 0 spiro atoms. The van der Waals surface area contributed by atoms with Crippen LogP contribution in [0.2, 0.25) is 0 Å². The number of nitrogens with one attached hydrogen (secondary N) is 1. The minimum Gasteiger partial charge on any atom is -0.324 e. The molecule has 0 aromatic carbocycles. The number of hydrogen-bond donors (Lipinski definition) is 1. The molecule has 17 heavy (non-hydrogen) atoms. The summed E-state index contributed by atoms with van der Waals surface area (Å²) in [6.07, 6.45) is 5.60. The van der Waals surface area contributed by atoms with E-state index in [1.165, 1.54) is 25.7 Å². The van der Waals surface area contributed by atoms with Crippen molar-refractivity contribution in [1.29, 1.82) is 0 Å². The van der Waals surface area contributed by atoms with Crippen LogP contribution in [0.15, 0.2) is 16.7 Å². The molecule has 3 nitrogen and oxygen atoms in total. The molecule has 1 aromatic rings. The van der Waals surface area contributed by atoms with Gasteiger partial charge in [-0.1, -0.05) is 12.8 Å². The Morgan fingerprint density at radius 1 is 1.47 bits per heavy atom. The van der Waals surface area contributed by atoms with E-state index in [4.69, 9.17) is 0 Å². The van der Waals surface area contributed by atoms with E-state index in [9.17, 15) is 4.79 Å². The van der Waals surface area contributed by atoms with Gasteiger partial charge in [-0.3, -0.25) is 4.79 Å². The fraction of sp³-hybridized carbons (Fsp3) is 0.538. The number of aromatic nitrogens is 1. The van der Waals surface area contributed by atoms with Gasteiger partial charge in [0, 0.05) is 6.42 Å². The van der Waals surface area contributed by atoms with Gasteiger partial charge in [-0.05, 0) is 53.7 Å². The smallest absolute Gasteiger partial charge is 0.224 e. The molecule has 0 radical (unpaired) electrons. The molecule has 1 heterocycles. The molecule has 1 amide bonds. The zero-order valence-corrected chi connectivity index (χ0v) is 11.6. The van der Waals surface area contributed by atoms with Crippen LogP contribution < -0.4 is 5.32 Å². The van der Waals surface area contributed by atoms with Gasteiger partial charge in [0.05, 0.1) is 11.4 Å². The van der Waals surface area contributed by atoms with Crippen molar-refractivity contribution >= 4 is 27.5 Å². The highest BCUT2D eigenvalue weighted by Gasteiger charge is 2.18. The molecule has 1 saturated carbocycles. The summed E-state index contributed by atoms with van der Waals surface area (Å²) in [5.41, 5.74) is 1.66. The summed E-state index contributed by atoms with van der Waals surface area (Å²) in [5, 5.41) is 2.94. The summed E-state index contributed by atoms with van der Waals surface area (Å²) in [5.74, 6) is 0.697. The van der Waals surface area contributed by atoms with Gasteiger partial charge < -0.3 is 5.32 Å². The SMILES string of the molecule is Cc1nc(Br)ccc1NC(=O)CC1CCCC1. The molecule has 0 bridgehead atoms. The van der Waals surface area contributed by atoms with E-state index in [2.05, 4.69) is 26.2 Å². The van der Waals surface area contributed by atoms with Gasteiger partial charge in [0.15, 0.2) is 0 Å². The van der Waals surface area contributed by atoms with Gasteiger partial charge in [0.1, 0.15) is 4.60 Å². The molecule has 1 aliphatic carbocycles. The zero-order valence-electron chi connectivity index (χ0n) is 10.0. The highest BCUT2D eigenvalue weighted by atomic mass is 79.9. The average Bonchev–Trinajstić information content (AvgIpc) is 2.75. The number of amides is 1. The molecular weight excluding hydrogens is 280 g/mol. The van der Waals surface area contributed by atoms with Crippen LogP contribution in [0.4, 0.5) is 5.69 Å². The Balaban J connectivity index is 1.93. The first-order valence-corrected chi connectivity index (χ1v) is 6.87. The molecule has 1 fully saturated rings. The summed E-state index contributed by atoms with van der Waals surface area (Å²) in [7, 11) is 0. The second-order valence-corrected chi connectivity index (χ2v) is 5.48. The maximum Gasteiger partial charge on any atom is 0.224 e. The van der Waals surface area contributed by atoms with E-state index in [0.29, 0.717) is 12.3 Å². The number of aryl methyl sites for hydroxylation is 1. The summed E-state index contributed by atoms with van der Waals surface area (Å²) in [6, 6.07) is 3.73. The Hall–Kier alpha value is -0.900. The molecule has 1 aromatic heterocycles. The van der Waals surface area contributed by atoms with Gasteiger partial charge in [0.25, 0.3) is 0 Å². The minimum atomic E-state index is 0.115. The highest BCUT2D eigenvalue weighted by molar-refractivity contribution is 9.10. The van der Waals surface area contributed by atoms with Crippen LogP contribution in [0.3, 0.4) is 0 Å². The Bertz CT molecular complexity index is 414. The number of nitrogens with zero attached hydrogens (tertiary/aromatic N) is 1. The second kappa shape index (κ2) is 5.63. The maximum atomic E-state index is 11.9. The van der Waals surface area contributed by atoms with Crippen LogP contribution in [0.5, 0.6) is 0 Å². The largest absolute Gasteiger partial charge is 0.324 e. The fourth-order valence-corrected chi connectivity index (χ4v) is 2.74. The van der Waals surface area contributed by atoms with Crippen molar-refractivity contribution in [3.05, 3.63) is 22.4 Å². The first-order chi connectivity index (χ1) is 8.15. The second-order valence-electron chi connectivity index (χ2n) is 4.67. The first kappa shape index (κ1) is 12.6. The predicted octanol–water partition coefficient (Wildman–Crippen LogP) is 3.67. The number of carbonyl (C=O) groups is 1. The van der Waals surface area contributed by atoms with E-state index in [1.54, 1.807) is 0 Å². The molecule has 4 heteroatoms. The molecule has 0 unspecified atom stereocenters. The van der Waals surface area contributed by atoms with Crippen molar-refractivity contribution in [2.24, 2.45) is 5.92 Å². The number of anilines is 1. The molecule has 1 N–H and O–H groups in total. The summed E-state index contributed by atoms with van der Waals surface area (Å²) in [6.45, 7) is 1.90. The minimum absolute atomic E-state index is 0.115. The Morgan fingerprint density at radius 3 is 2.82 bits per heavy atom. The standard InChI is InChI=1S/C13H17BrN2O/c1-9-11(6-7-12(14)15-9)16-13(17)8-10-4-2-3-5-10/h6-7,10H,2-5,8H2,1H3,(H,16,17). The van der Waals surface area contributed by atoms with E-state index < -0.39 is 0 Å². The lowest BCUT2D eigenvalue weighted by Gasteiger charge is -2.11. The quantitative estimate of drug-likeness (QED) is 0.865. The lowest BCUT2D eigenvalue weighted by atomic mass is 10.0. The van der Waals surface area contributed by atoms with Crippen molar-refractivity contribution in [3.8, 4) is 0 Å². The van der Waals surface area contributed by atoms with Gasteiger partial charge >= 0.3 is 0 Å². The van der Waals surface area contributed by atoms with Gasteiger partial charge in [0.2, 0.25) is 5.91 Å². The van der Waals surface area contributed by atoms with E-state index in [0.717, 1.165) is 16.0 Å². The average molecular weight is 297 g/mol. The number of hydrogen-bond acceptors (Lipinski definition) is 2. The van der Waals surface area contributed by atoms with Crippen LogP contribution in [0.25, 0.3) is 0 Å². The van der Waals surface area contributed by atoms with E-state index >= 15 is 0 Å². The van der Waals surface area contributed by atoms with Crippen LogP contribution in [0, 0.1) is 12.8 Å². The van der Waals surface area contributed by atoms with Gasteiger partial charge in [-0.2, -0.15) is 0 Å². The van der Waals surface area contributed by atoms with Crippen LogP contribution in [-0.4, -0.2) is 10.9 Å². The van der Waals surface area contributed by atoms with Gasteiger partial charge in [-0.25, -0.2) is 4.98 Å². The van der Waals surface area contributed by atoms with Crippen molar-refractivity contribution in [2.75, 3.05) is 5.32 Å². The summed E-state index contributed by atoms with van der Waals surface area (Å²) in [4.78, 5) is 16.1. The zero-order chi connectivity index (χ0) is 12.3. The molecule has 0 atom stereocenters. The Labute approximate surface area is 110 Å². The number of halogens is 1. The van der Waals surface area contributed by atoms with Crippen LogP contribution >= 0.6 is 15.9 Å². The summed E-state index contributed by atoms with van der Waals surface area (Å²) >= 11 is 3.31. The predicted molar refractivity (Wildman–Crippen MR) is 71.9 cm³/mol. The molecule has 1 aliphatic rings. The fourth-order valence-electron chi connectivity index (χ4n) is 2.34. The van der Waals surface area contributed by atoms with E-state index in [1.807, 2.05) is 19.1 Å². The number of pyridine rings is 1. The molecule has 92 valence electrons. The topological polar surface area (TPSA) is 42.0 Å². The third-order valence-electron chi connectivity index (χ3n) is 3.27. The third-order valence-corrected chi connectivity index (χ3v) is 3.72. The lowest BCUT2D eigenvalue weighted by molar-refractivity contribution is -0.117. The van der Waals surface area contributed by atoms with Crippen molar-refractivity contribution in [2.45, 2.75) is 39.0 Å². The monoisotopic (exact) mass is 296 g/mol. The molecule has 0 aliphatic heterocycles. The molecule has 0 saturated heterocycles. The van der Waals surface area contributed by atoms with Crippen LogP contribution in [-0.2, 0) is 4.79 Å². The Kier molecular flexibility index (Phi) is 4.15. The number of carbonyl (C=O) groups excluding carboxylic acids is 1. The first-order valence-electron chi connectivity index (χ1n) is 6.08. The normalized spacial score (nSPS) is 16.1. The van der Waals surface area contributed by atoms with E-state index in [-0.39, 0.29) is 5.91 Å². The van der Waals surface area contributed by atoms with Crippen LogP contribution in [0.1, 0.15) is 37.8 Å². The summed E-state index contributed by atoms with van der Waals surface area (Å²) < 4.78 is 0.795. The van der Waals surface area contributed by atoms with Crippen molar-refractivity contribution < 1.29 is 4.79 Å². The number of rotatable bonds is 3. The van der Waals surface area contributed by atoms with Gasteiger partial charge in [-0.15, -0.1) is 0 Å². The van der Waals surface area contributed by atoms with Crippen molar-refractivity contribution in [3.63, 3.8) is 0 Å². The van der Waals surface area contributed by atoms with Crippen molar-refractivity contribution in [1.82, 2.24) is 4.98 Å². The highest BCUT2D eigenvalue weighted by Crippen LogP contribution is 2.28. The molecule has 2 rings (SSSR count).